The van der Waals surface area contributed by atoms with Crippen molar-refractivity contribution >= 4 is 33.4 Å². The van der Waals surface area contributed by atoms with Crippen LogP contribution in [0.2, 0.25) is 0 Å². The van der Waals surface area contributed by atoms with Gasteiger partial charge in [-0.05, 0) is 44.8 Å². The molecule has 4 nitrogen and oxygen atoms in total. The first kappa shape index (κ1) is 20.5. The first-order valence-electron chi connectivity index (χ1n) is 9.84. The van der Waals surface area contributed by atoms with Crippen molar-refractivity contribution in [1.29, 1.82) is 0 Å². The van der Waals surface area contributed by atoms with E-state index in [9.17, 15) is 18.4 Å². The van der Waals surface area contributed by atoms with Gasteiger partial charge >= 0.3 is 0 Å². The van der Waals surface area contributed by atoms with Crippen LogP contribution in [0.4, 0.5) is 8.78 Å². The van der Waals surface area contributed by atoms with Gasteiger partial charge in [-0.3, -0.25) is 9.59 Å². The predicted octanol–water partition coefficient (Wildman–Crippen LogP) is 4.03. The third-order valence-electron chi connectivity index (χ3n) is 5.34. The van der Waals surface area contributed by atoms with E-state index in [2.05, 4.69) is 11.4 Å². The van der Waals surface area contributed by atoms with Gasteiger partial charge in [0.1, 0.15) is 17.7 Å². The number of hydrogen-bond donors (Lipinski definition) is 2. The molecule has 6 heteroatoms. The van der Waals surface area contributed by atoms with Crippen molar-refractivity contribution in [2.24, 2.45) is 5.73 Å². The van der Waals surface area contributed by atoms with Crippen LogP contribution in [-0.4, -0.2) is 17.9 Å². The minimum absolute atomic E-state index is 0.0396. The zero-order valence-corrected chi connectivity index (χ0v) is 16.6. The molecule has 4 rings (SSSR count). The number of nitrogens with two attached hydrogens (primary N) is 1. The van der Waals surface area contributed by atoms with Crippen LogP contribution in [0.5, 0.6) is 0 Å². The van der Waals surface area contributed by atoms with Crippen LogP contribution >= 0.6 is 0 Å². The van der Waals surface area contributed by atoms with Gasteiger partial charge in [-0.1, -0.05) is 54.6 Å². The molecular formula is C25H20F2N2O2. The largest absolute Gasteiger partial charge is 0.368 e. The minimum Gasteiger partial charge on any atom is -0.368 e. The molecule has 1 atom stereocenters. The predicted molar refractivity (Wildman–Crippen MR) is 116 cm³/mol. The van der Waals surface area contributed by atoms with Crippen molar-refractivity contribution in [1.82, 2.24) is 5.32 Å². The maximum Gasteiger partial charge on any atom is 0.240 e. The molecule has 0 saturated heterocycles. The summed E-state index contributed by atoms with van der Waals surface area (Å²) in [4.78, 5) is 24.7. The quantitative estimate of drug-likeness (QED) is 0.464. The number of halogens is 2. The van der Waals surface area contributed by atoms with Crippen LogP contribution in [0.1, 0.15) is 11.1 Å². The Morgan fingerprint density at radius 2 is 1.48 bits per heavy atom. The highest BCUT2D eigenvalue weighted by atomic mass is 19.1. The van der Waals surface area contributed by atoms with Gasteiger partial charge < -0.3 is 11.1 Å². The molecule has 4 aromatic carbocycles. The lowest BCUT2D eigenvalue weighted by atomic mass is 9.92. The Morgan fingerprint density at radius 3 is 2.06 bits per heavy atom. The van der Waals surface area contributed by atoms with E-state index in [1.807, 2.05) is 48.5 Å². The third-order valence-corrected chi connectivity index (χ3v) is 5.34. The number of nitrogens with one attached hydrogen (secondary N) is 1. The summed E-state index contributed by atoms with van der Waals surface area (Å²) >= 11 is 0. The van der Waals surface area contributed by atoms with Gasteiger partial charge in [0, 0.05) is 12.5 Å². The number of benzene rings is 4. The lowest BCUT2D eigenvalue weighted by molar-refractivity contribution is -0.127. The second-order valence-electron chi connectivity index (χ2n) is 7.44. The van der Waals surface area contributed by atoms with Gasteiger partial charge in [-0.15, -0.1) is 0 Å². The van der Waals surface area contributed by atoms with Crippen molar-refractivity contribution in [2.45, 2.75) is 18.9 Å². The smallest absolute Gasteiger partial charge is 0.240 e. The molecule has 0 aliphatic heterocycles. The fraction of sp³-hybridized carbons (Fsp3) is 0.120. The first-order valence-corrected chi connectivity index (χ1v) is 9.84. The molecule has 0 heterocycles. The highest BCUT2D eigenvalue weighted by molar-refractivity contribution is 6.03. The summed E-state index contributed by atoms with van der Waals surface area (Å²) in [5.74, 6) is -2.80. The van der Waals surface area contributed by atoms with Crippen molar-refractivity contribution in [3.63, 3.8) is 0 Å². The summed E-state index contributed by atoms with van der Waals surface area (Å²) in [5.41, 5.74) is 6.52. The SMILES string of the molecule is NC(=O)[C@@H](Cc1c2ccccc2cc2ccccc12)NC(=O)Cc1ccc(F)cc1F. The molecule has 31 heavy (non-hydrogen) atoms. The third kappa shape index (κ3) is 4.38. The zero-order chi connectivity index (χ0) is 22.0. The van der Waals surface area contributed by atoms with Crippen LogP contribution in [0, 0.1) is 11.6 Å². The van der Waals surface area contributed by atoms with Gasteiger partial charge in [0.2, 0.25) is 11.8 Å². The van der Waals surface area contributed by atoms with E-state index in [-0.39, 0.29) is 18.4 Å². The van der Waals surface area contributed by atoms with Gasteiger partial charge in [0.15, 0.2) is 0 Å². The molecular weight excluding hydrogens is 398 g/mol. The lowest BCUT2D eigenvalue weighted by Gasteiger charge is -2.19. The average Bonchev–Trinajstić information content (AvgIpc) is 2.74. The molecule has 2 amide bonds. The summed E-state index contributed by atoms with van der Waals surface area (Å²) in [5, 5.41) is 6.57. The summed E-state index contributed by atoms with van der Waals surface area (Å²) in [6.07, 6.45) is -0.138. The average molecular weight is 418 g/mol. The van der Waals surface area contributed by atoms with Gasteiger partial charge in [0.25, 0.3) is 0 Å². The molecule has 0 bridgehead atoms. The van der Waals surface area contributed by atoms with E-state index in [1.165, 1.54) is 6.07 Å². The van der Waals surface area contributed by atoms with Crippen molar-refractivity contribution < 1.29 is 18.4 Å². The van der Waals surface area contributed by atoms with Crippen LogP contribution in [0.15, 0.2) is 72.8 Å². The molecule has 0 aromatic heterocycles. The highest BCUT2D eigenvalue weighted by Gasteiger charge is 2.22. The van der Waals surface area contributed by atoms with Crippen molar-refractivity contribution in [2.75, 3.05) is 0 Å². The monoisotopic (exact) mass is 418 g/mol. The molecule has 3 N–H and O–H groups in total. The molecule has 0 saturated carbocycles. The number of amides is 2. The topological polar surface area (TPSA) is 72.2 Å². The Hall–Kier alpha value is -3.80. The van der Waals surface area contributed by atoms with E-state index >= 15 is 0 Å². The Labute approximate surface area is 177 Å². The molecule has 0 spiro atoms. The number of hydrogen-bond acceptors (Lipinski definition) is 2. The van der Waals surface area contributed by atoms with E-state index in [1.54, 1.807) is 0 Å². The molecule has 0 unspecified atom stereocenters. The maximum atomic E-state index is 13.9. The van der Waals surface area contributed by atoms with Crippen molar-refractivity contribution in [3.8, 4) is 0 Å². The standard InChI is InChI=1S/C25H20F2N2O2/c26-18-10-9-17(22(27)13-18)12-24(30)29-23(25(28)31)14-21-19-7-3-1-5-15(19)11-16-6-2-4-8-20(16)21/h1-11,13,23H,12,14H2,(H2,28,31)(H,29,30)/t23-/m1/s1. The summed E-state index contributed by atoms with van der Waals surface area (Å²) < 4.78 is 27.0. The number of primary amides is 1. The van der Waals surface area contributed by atoms with E-state index in [0.717, 1.165) is 39.2 Å². The summed E-state index contributed by atoms with van der Waals surface area (Å²) in [6, 6.07) is 19.7. The number of carbonyl (C=O) groups excluding carboxylic acids is 2. The van der Waals surface area contributed by atoms with Crippen LogP contribution in [-0.2, 0) is 22.4 Å². The Balaban J connectivity index is 1.64. The van der Waals surface area contributed by atoms with Gasteiger partial charge in [-0.25, -0.2) is 8.78 Å². The second-order valence-corrected chi connectivity index (χ2v) is 7.44. The van der Waals surface area contributed by atoms with Crippen molar-refractivity contribution in [3.05, 3.63) is 95.6 Å². The number of fused-ring (bicyclic) bond motifs is 2. The van der Waals surface area contributed by atoms with Crippen LogP contribution < -0.4 is 11.1 Å². The fourth-order valence-electron chi connectivity index (χ4n) is 3.84. The van der Waals surface area contributed by atoms with Crippen LogP contribution in [0.25, 0.3) is 21.5 Å². The maximum absolute atomic E-state index is 13.9. The zero-order valence-electron chi connectivity index (χ0n) is 16.6. The molecule has 0 fully saturated rings. The Morgan fingerprint density at radius 1 is 0.871 bits per heavy atom. The fourth-order valence-corrected chi connectivity index (χ4v) is 3.84. The lowest BCUT2D eigenvalue weighted by Crippen LogP contribution is -2.46. The van der Waals surface area contributed by atoms with Crippen LogP contribution in [0.3, 0.4) is 0 Å². The van der Waals surface area contributed by atoms with Gasteiger partial charge in [-0.2, -0.15) is 0 Å². The molecule has 4 aromatic rings. The minimum atomic E-state index is -0.981. The van der Waals surface area contributed by atoms with Gasteiger partial charge in [0.05, 0.1) is 6.42 Å². The number of carbonyl (C=O) groups is 2. The van der Waals surface area contributed by atoms with E-state index in [4.69, 9.17) is 5.73 Å². The number of rotatable bonds is 6. The van der Waals surface area contributed by atoms with E-state index < -0.39 is 29.5 Å². The first-order chi connectivity index (χ1) is 14.9. The Kier molecular flexibility index (Phi) is 5.62. The summed E-state index contributed by atoms with van der Waals surface area (Å²) in [6.45, 7) is 0. The molecule has 0 aliphatic rings. The van der Waals surface area contributed by atoms with E-state index in [0.29, 0.717) is 0 Å². The molecule has 0 aliphatic carbocycles. The normalized spacial score (nSPS) is 12.1. The highest BCUT2D eigenvalue weighted by Crippen LogP contribution is 2.29. The Bertz CT molecular complexity index is 1250. The molecule has 156 valence electrons. The summed E-state index contributed by atoms with van der Waals surface area (Å²) in [7, 11) is 0. The second kappa shape index (κ2) is 8.52. The molecule has 0 radical (unpaired) electrons.